The average molecular weight is 316 g/mol. The molecule has 0 fully saturated rings. The summed E-state index contributed by atoms with van der Waals surface area (Å²) in [6.07, 6.45) is 0.956. The molecular weight excluding hydrogens is 304 g/mol. The molecule has 0 aliphatic rings. The second-order valence-corrected chi connectivity index (χ2v) is 4.94. The Labute approximate surface area is 113 Å². The van der Waals surface area contributed by atoms with Gasteiger partial charge in [-0.25, -0.2) is 0 Å². The lowest BCUT2D eigenvalue weighted by molar-refractivity contribution is 0.207. The third-order valence-electron chi connectivity index (χ3n) is 2.56. The van der Waals surface area contributed by atoms with Crippen LogP contribution in [0.15, 0.2) is 34.9 Å². The van der Waals surface area contributed by atoms with Crippen molar-refractivity contribution in [2.45, 2.75) is 19.6 Å². The molecule has 3 nitrogen and oxygen atoms in total. The van der Waals surface area contributed by atoms with E-state index in [0.29, 0.717) is 11.6 Å². The van der Waals surface area contributed by atoms with Crippen LogP contribution >= 0.6 is 27.5 Å². The van der Waals surface area contributed by atoms with Gasteiger partial charge in [-0.1, -0.05) is 23.7 Å². The molecule has 1 unspecified atom stereocenters. The van der Waals surface area contributed by atoms with Crippen LogP contribution in [0.5, 0.6) is 0 Å². The highest BCUT2D eigenvalue weighted by atomic mass is 79.9. The first kappa shape index (κ1) is 12.6. The molecule has 0 radical (unpaired) electrons. The van der Waals surface area contributed by atoms with Crippen LogP contribution < -0.4 is 0 Å². The molecule has 2 rings (SSSR count). The summed E-state index contributed by atoms with van der Waals surface area (Å²) in [6.45, 7) is 2.69. The Kier molecular flexibility index (Phi) is 3.86. The summed E-state index contributed by atoms with van der Waals surface area (Å²) in [4.78, 5) is 0. The van der Waals surface area contributed by atoms with Crippen molar-refractivity contribution in [2.24, 2.45) is 0 Å². The van der Waals surface area contributed by atoms with E-state index in [4.69, 9.17) is 11.6 Å². The largest absolute Gasteiger partial charge is 0.382 e. The number of hydrogen-bond acceptors (Lipinski definition) is 2. The van der Waals surface area contributed by atoms with Gasteiger partial charge in [-0.2, -0.15) is 5.10 Å². The molecule has 0 aliphatic carbocycles. The predicted molar refractivity (Wildman–Crippen MR) is 71.1 cm³/mol. The number of aryl methyl sites for hydroxylation is 1. The molecule has 5 heteroatoms. The highest BCUT2D eigenvalue weighted by Gasteiger charge is 2.19. The van der Waals surface area contributed by atoms with Crippen molar-refractivity contribution in [3.05, 3.63) is 51.2 Å². The Morgan fingerprint density at radius 1 is 1.53 bits per heavy atom. The molecule has 0 aliphatic heterocycles. The standard InChI is InChI=1S/C12H12BrClN2O/c1-2-16-11(10(13)7-15-16)12(17)8-4-3-5-9(14)6-8/h3-7,12,17H,2H2,1H3. The molecule has 1 atom stereocenters. The van der Waals surface area contributed by atoms with Gasteiger partial charge in [0.25, 0.3) is 0 Å². The first-order valence-corrected chi connectivity index (χ1v) is 6.45. The van der Waals surface area contributed by atoms with Gasteiger partial charge in [0.05, 0.1) is 16.4 Å². The molecule has 0 amide bonds. The van der Waals surface area contributed by atoms with Crippen molar-refractivity contribution in [3.63, 3.8) is 0 Å². The quantitative estimate of drug-likeness (QED) is 0.942. The van der Waals surface area contributed by atoms with E-state index in [2.05, 4.69) is 21.0 Å². The fraction of sp³-hybridized carbons (Fsp3) is 0.250. The Morgan fingerprint density at radius 2 is 2.29 bits per heavy atom. The monoisotopic (exact) mass is 314 g/mol. The predicted octanol–water partition coefficient (Wildman–Crippen LogP) is 3.40. The SMILES string of the molecule is CCn1ncc(Br)c1C(O)c1cccc(Cl)c1. The third kappa shape index (κ3) is 2.54. The normalized spacial score (nSPS) is 12.7. The van der Waals surface area contributed by atoms with E-state index in [0.717, 1.165) is 15.7 Å². The Hall–Kier alpha value is -0.840. The van der Waals surface area contributed by atoms with Gasteiger partial charge in [0, 0.05) is 11.6 Å². The van der Waals surface area contributed by atoms with Gasteiger partial charge >= 0.3 is 0 Å². The van der Waals surface area contributed by atoms with Crippen LogP contribution in [-0.4, -0.2) is 14.9 Å². The van der Waals surface area contributed by atoms with Crippen molar-refractivity contribution >= 4 is 27.5 Å². The van der Waals surface area contributed by atoms with E-state index >= 15 is 0 Å². The van der Waals surface area contributed by atoms with E-state index in [1.807, 2.05) is 19.1 Å². The summed E-state index contributed by atoms with van der Waals surface area (Å²) in [6, 6.07) is 7.20. The molecule has 90 valence electrons. The minimum absolute atomic E-state index is 0.611. The summed E-state index contributed by atoms with van der Waals surface area (Å²) in [7, 11) is 0. The zero-order valence-electron chi connectivity index (χ0n) is 9.27. The Balaban J connectivity index is 2.43. The number of aromatic nitrogens is 2. The molecule has 0 spiro atoms. The number of nitrogens with zero attached hydrogens (tertiary/aromatic N) is 2. The maximum Gasteiger partial charge on any atom is 0.122 e. The lowest BCUT2D eigenvalue weighted by atomic mass is 10.1. The fourth-order valence-corrected chi connectivity index (χ4v) is 2.44. The number of hydrogen-bond donors (Lipinski definition) is 1. The zero-order chi connectivity index (χ0) is 12.4. The third-order valence-corrected chi connectivity index (χ3v) is 3.40. The minimum atomic E-state index is -0.731. The fourth-order valence-electron chi connectivity index (χ4n) is 1.73. The summed E-state index contributed by atoms with van der Waals surface area (Å²) >= 11 is 9.32. The van der Waals surface area contributed by atoms with E-state index in [-0.39, 0.29) is 0 Å². The van der Waals surface area contributed by atoms with Crippen LogP contribution in [-0.2, 0) is 6.54 Å². The van der Waals surface area contributed by atoms with Gasteiger partial charge < -0.3 is 5.11 Å². The minimum Gasteiger partial charge on any atom is -0.382 e. The summed E-state index contributed by atoms with van der Waals surface area (Å²) in [5.74, 6) is 0. The van der Waals surface area contributed by atoms with Gasteiger partial charge in [-0.05, 0) is 40.5 Å². The highest BCUT2D eigenvalue weighted by molar-refractivity contribution is 9.10. The Bertz CT molecular complexity index is 527. The van der Waals surface area contributed by atoms with Crippen LogP contribution in [0.4, 0.5) is 0 Å². The highest BCUT2D eigenvalue weighted by Crippen LogP contribution is 2.29. The molecule has 1 heterocycles. The second-order valence-electron chi connectivity index (χ2n) is 3.65. The molecular formula is C12H12BrClN2O. The molecule has 1 aromatic carbocycles. The van der Waals surface area contributed by atoms with Crippen molar-refractivity contribution in [1.82, 2.24) is 9.78 Å². The lowest BCUT2D eigenvalue weighted by Crippen LogP contribution is -2.09. The molecule has 0 saturated carbocycles. The van der Waals surface area contributed by atoms with Crippen LogP contribution in [0, 0.1) is 0 Å². The summed E-state index contributed by atoms with van der Waals surface area (Å²) < 4.78 is 2.56. The number of benzene rings is 1. The maximum absolute atomic E-state index is 10.3. The van der Waals surface area contributed by atoms with Crippen molar-refractivity contribution < 1.29 is 5.11 Å². The van der Waals surface area contributed by atoms with Crippen LogP contribution in [0.1, 0.15) is 24.3 Å². The van der Waals surface area contributed by atoms with E-state index in [1.165, 1.54) is 0 Å². The first-order valence-electron chi connectivity index (χ1n) is 5.28. The number of halogens is 2. The molecule has 2 aromatic rings. The van der Waals surface area contributed by atoms with Crippen LogP contribution in [0.25, 0.3) is 0 Å². The number of rotatable bonds is 3. The summed E-state index contributed by atoms with van der Waals surface area (Å²) in [5, 5.41) is 15.1. The van der Waals surface area contributed by atoms with Crippen LogP contribution in [0.2, 0.25) is 5.02 Å². The lowest BCUT2D eigenvalue weighted by Gasteiger charge is -2.13. The van der Waals surface area contributed by atoms with Crippen molar-refractivity contribution in [1.29, 1.82) is 0 Å². The average Bonchev–Trinajstić information content (AvgIpc) is 2.69. The number of aliphatic hydroxyl groups is 1. The van der Waals surface area contributed by atoms with Gasteiger partial charge in [0.2, 0.25) is 0 Å². The molecule has 1 aromatic heterocycles. The van der Waals surface area contributed by atoms with Gasteiger partial charge in [-0.3, -0.25) is 4.68 Å². The molecule has 0 saturated heterocycles. The molecule has 1 N–H and O–H groups in total. The van der Waals surface area contributed by atoms with Crippen molar-refractivity contribution in [3.8, 4) is 0 Å². The zero-order valence-corrected chi connectivity index (χ0v) is 11.6. The van der Waals surface area contributed by atoms with Crippen molar-refractivity contribution in [2.75, 3.05) is 0 Å². The van der Waals surface area contributed by atoms with Gasteiger partial charge in [0.15, 0.2) is 0 Å². The topological polar surface area (TPSA) is 38.0 Å². The number of aliphatic hydroxyl groups excluding tert-OH is 1. The van der Waals surface area contributed by atoms with Gasteiger partial charge in [-0.15, -0.1) is 0 Å². The van der Waals surface area contributed by atoms with Gasteiger partial charge in [0.1, 0.15) is 6.10 Å². The summed E-state index contributed by atoms with van der Waals surface area (Å²) in [5.41, 5.74) is 1.50. The van der Waals surface area contributed by atoms with E-state index < -0.39 is 6.10 Å². The maximum atomic E-state index is 10.3. The molecule has 0 bridgehead atoms. The van der Waals surface area contributed by atoms with E-state index in [9.17, 15) is 5.11 Å². The molecule has 17 heavy (non-hydrogen) atoms. The second kappa shape index (κ2) is 5.21. The van der Waals surface area contributed by atoms with Crippen LogP contribution in [0.3, 0.4) is 0 Å². The Morgan fingerprint density at radius 3 is 2.94 bits per heavy atom. The first-order chi connectivity index (χ1) is 8.13. The smallest absolute Gasteiger partial charge is 0.122 e. The van der Waals surface area contributed by atoms with E-state index in [1.54, 1.807) is 23.0 Å².